The number of rotatable bonds is 71. The number of unbranched alkanes of at least 4 members (excludes halogenated alkanes) is 41. The number of hydrogen-bond donors (Lipinski definition) is 3. The average Bonchev–Trinajstić information content (AvgIpc) is 3.62. The molecule has 0 aromatic rings. The molecule has 0 heterocycles. The zero-order valence-electron chi connectivity index (χ0n) is 59.1. The van der Waals surface area contributed by atoms with Crippen LogP contribution in [-0.2, 0) is 65.4 Å². The van der Waals surface area contributed by atoms with Crippen LogP contribution in [0.4, 0.5) is 0 Å². The van der Waals surface area contributed by atoms with Gasteiger partial charge in [0.1, 0.15) is 19.3 Å². The Balaban J connectivity index is 5.21. The molecule has 0 aromatic carbocycles. The van der Waals surface area contributed by atoms with E-state index in [1.165, 1.54) is 173 Å². The Kier molecular flexibility index (Phi) is 62.7. The van der Waals surface area contributed by atoms with Crippen molar-refractivity contribution < 1.29 is 80.2 Å². The monoisotopic (exact) mass is 1340 g/mol. The van der Waals surface area contributed by atoms with E-state index in [-0.39, 0.29) is 25.7 Å². The molecule has 5 atom stereocenters. The minimum absolute atomic E-state index is 0.107. The first-order valence-corrected chi connectivity index (χ1v) is 40.5. The molecular weight excluding hydrogens is 1200 g/mol. The molecule has 19 heteroatoms. The number of phosphoric acid groups is 2. The predicted octanol–water partition coefficient (Wildman–Crippen LogP) is 20.8. The molecule has 0 aliphatic rings. The number of esters is 4. The third kappa shape index (κ3) is 66.5. The molecule has 0 bridgehead atoms. The number of ether oxygens (including phenoxy) is 4. The van der Waals surface area contributed by atoms with Gasteiger partial charge in [0.25, 0.3) is 0 Å². The van der Waals surface area contributed by atoms with E-state index in [1.54, 1.807) is 0 Å². The second kappa shape index (κ2) is 64.1. The Hall–Kier alpha value is -1.94. The SMILES string of the molecule is CCCCCCCCCCCCCCCCC(=O)O[C@H](COC(=O)CCCCCCCCC)COP(=O)(O)OC[C@H](O)COP(=O)(O)OC[C@@H](COC(=O)CCCCCCCCCCCCCC(C)C)OC(=O)CCCCCCCCCCCCCCCC(C)C. The Labute approximate surface area is 556 Å². The van der Waals surface area contributed by atoms with E-state index >= 15 is 0 Å². The average molecular weight is 1340 g/mol. The van der Waals surface area contributed by atoms with Crippen molar-refractivity contribution in [3.8, 4) is 0 Å². The lowest BCUT2D eigenvalue weighted by atomic mass is 10.0. The molecule has 0 radical (unpaired) electrons. The summed E-state index contributed by atoms with van der Waals surface area (Å²) in [7, 11) is -9.90. The van der Waals surface area contributed by atoms with Crippen molar-refractivity contribution in [1.82, 2.24) is 0 Å². The first-order chi connectivity index (χ1) is 43.9. The molecule has 540 valence electrons. The van der Waals surface area contributed by atoms with E-state index in [0.717, 1.165) is 115 Å². The fourth-order valence-corrected chi connectivity index (χ4v) is 12.5. The van der Waals surface area contributed by atoms with Crippen LogP contribution >= 0.6 is 15.6 Å². The van der Waals surface area contributed by atoms with Crippen molar-refractivity contribution in [3.05, 3.63) is 0 Å². The first kappa shape index (κ1) is 89.1. The van der Waals surface area contributed by atoms with Gasteiger partial charge in [0.15, 0.2) is 12.2 Å². The summed E-state index contributed by atoms with van der Waals surface area (Å²) in [6.45, 7) is 9.55. The smallest absolute Gasteiger partial charge is 0.462 e. The molecule has 0 aliphatic heterocycles. The predicted molar refractivity (Wildman–Crippen MR) is 368 cm³/mol. The van der Waals surface area contributed by atoms with E-state index < -0.39 is 97.5 Å². The standard InChI is InChI=1S/C72H140O17P2/c1-7-9-11-13-15-16-17-18-21-26-32-38-44-50-56-71(76)88-67(60-82-69(74)54-48-42-34-14-12-10-8-2)62-86-90(78,79)84-58-66(73)59-85-91(80,81)87-63-68(61-83-70(75)55-49-43-37-31-28-23-25-30-36-41-47-53-65(5)6)89-72(77)57-51-45-39-33-27-22-19-20-24-29-35-40-46-52-64(3)4/h64-68,73H,7-63H2,1-6H3,(H,78,79)(H,80,81)/t66-,67+,68+/m0/s1. The van der Waals surface area contributed by atoms with Gasteiger partial charge >= 0.3 is 39.5 Å². The molecular formula is C72H140O17P2. The summed E-state index contributed by atoms with van der Waals surface area (Å²) >= 11 is 0. The van der Waals surface area contributed by atoms with Crippen molar-refractivity contribution in [3.63, 3.8) is 0 Å². The first-order valence-electron chi connectivity index (χ1n) is 37.5. The molecule has 0 fully saturated rings. The molecule has 3 N–H and O–H groups in total. The highest BCUT2D eigenvalue weighted by atomic mass is 31.2. The molecule has 0 aromatic heterocycles. The van der Waals surface area contributed by atoms with Crippen molar-refractivity contribution in [2.75, 3.05) is 39.6 Å². The summed E-state index contributed by atoms with van der Waals surface area (Å²) in [5.41, 5.74) is 0. The second-order valence-electron chi connectivity index (χ2n) is 26.9. The molecule has 0 spiro atoms. The quantitative estimate of drug-likeness (QED) is 0.0222. The maximum atomic E-state index is 13.0. The Morgan fingerprint density at radius 2 is 0.505 bits per heavy atom. The minimum atomic E-state index is -4.95. The second-order valence-corrected chi connectivity index (χ2v) is 29.8. The zero-order chi connectivity index (χ0) is 67.2. The number of phosphoric ester groups is 2. The highest BCUT2D eigenvalue weighted by molar-refractivity contribution is 7.47. The number of aliphatic hydroxyl groups is 1. The lowest BCUT2D eigenvalue weighted by molar-refractivity contribution is -0.161. The number of carbonyl (C=O) groups is 4. The fraction of sp³-hybridized carbons (Fsp3) is 0.944. The number of hydrogen-bond acceptors (Lipinski definition) is 15. The molecule has 0 saturated heterocycles. The highest BCUT2D eigenvalue weighted by Crippen LogP contribution is 2.45. The summed E-state index contributed by atoms with van der Waals surface area (Å²) in [4.78, 5) is 72.5. The van der Waals surface area contributed by atoms with Crippen molar-refractivity contribution in [2.45, 2.75) is 387 Å². The van der Waals surface area contributed by atoms with Crippen molar-refractivity contribution >= 4 is 39.5 Å². The molecule has 0 saturated carbocycles. The molecule has 17 nitrogen and oxygen atoms in total. The molecule has 2 unspecified atom stereocenters. The van der Waals surface area contributed by atoms with Crippen LogP contribution in [0.1, 0.15) is 369 Å². The Morgan fingerprint density at radius 3 is 0.747 bits per heavy atom. The van der Waals surface area contributed by atoms with Gasteiger partial charge in [-0.3, -0.25) is 37.3 Å². The number of carbonyl (C=O) groups excluding carboxylic acids is 4. The third-order valence-electron chi connectivity index (χ3n) is 16.7. The van der Waals surface area contributed by atoms with Gasteiger partial charge < -0.3 is 33.8 Å². The van der Waals surface area contributed by atoms with Crippen molar-refractivity contribution in [1.29, 1.82) is 0 Å². The van der Waals surface area contributed by atoms with Gasteiger partial charge in [0.2, 0.25) is 0 Å². The van der Waals surface area contributed by atoms with Crippen LogP contribution < -0.4 is 0 Å². The summed E-state index contributed by atoms with van der Waals surface area (Å²) < 4.78 is 68.3. The largest absolute Gasteiger partial charge is 0.472 e. The topological polar surface area (TPSA) is 237 Å². The van der Waals surface area contributed by atoms with Crippen LogP contribution in [0.5, 0.6) is 0 Å². The van der Waals surface area contributed by atoms with E-state index in [1.807, 2.05) is 0 Å². The van der Waals surface area contributed by atoms with Crippen LogP contribution in [0.25, 0.3) is 0 Å². The lowest BCUT2D eigenvalue weighted by Gasteiger charge is -2.21. The summed E-state index contributed by atoms with van der Waals surface area (Å²) in [6, 6.07) is 0. The highest BCUT2D eigenvalue weighted by Gasteiger charge is 2.30. The minimum Gasteiger partial charge on any atom is -0.462 e. The van der Waals surface area contributed by atoms with Gasteiger partial charge in [-0.1, -0.05) is 318 Å². The van der Waals surface area contributed by atoms with Gasteiger partial charge in [0.05, 0.1) is 26.4 Å². The molecule has 0 rings (SSSR count). The van der Waals surface area contributed by atoms with Crippen LogP contribution in [0, 0.1) is 11.8 Å². The number of aliphatic hydroxyl groups excluding tert-OH is 1. The Bertz CT molecular complexity index is 1770. The van der Waals surface area contributed by atoms with Crippen LogP contribution in [0.2, 0.25) is 0 Å². The summed E-state index contributed by atoms with van der Waals surface area (Å²) in [6.07, 6.45) is 50.0. The summed E-state index contributed by atoms with van der Waals surface area (Å²) in [5.74, 6) is -0.566. The normalized spacial score (nSPS) is 14.1. The Morgan fingerprint density at radius 1 is 0.297 bits per heavy atom. The van der Waals surface area contributed by atoms with E-state index in [9.17, 15) is 43.2 Å². The summed E-state index contributed by atoms with van der Waals surface area (Å²) in [5, 5.41) is 10.6. The van der Waals surface area contributed by atoms with Gasteiger partial charge in [-0.25, -0.2) is 9.13 Å². The third-order valence-corrected chi connectivity index (χ3v) is 18.6. The van der Waals surface area contributed by atoms with Gasteiger partial charge in [-0.05, 0) is 37.5 Å². The van der Waals surface area contributed by atoms with E-state index in [0.29, 0.717) is 25.7 Å². The maximum absolute atomic E-state index is 13.0. The van der Waals surface area contributed by atoms with Crippen LogP contribution in [0.15, 0.2) is 0 Å². The molecule has 0 amide bonds. The lowest BCUT2D eigenvalue weighted by Crippen LogP contribution is -2.30. The van der Waals surface area contributed by atoms with E-state index in [4.69, 9.17) is 37.0 Å². The molecule has 91 heavy (non-hydrogen) atoms. The van der Waals surface area contributed by atoms with E-state index in [2.05, 4.69) is 41.5 Å². The van der Waals surface area contributed by atoms with Gasteiger partial charge in [0, 0.05) is 25.7 Å². The van der Waals surface area contributed by atoms with Gasteiger partial charge in [-0.2, -0.15) is 0 Å². The maximum Gasteiger partial charge on any atom is 0.472 e. The van der Waals surface area contributed by atoms with Gasteiger partial charge in [-0.15, -0.1) is 0 Å². The zero-order valence-corrected chi connectivity index (χ0v) is 60.9. The van der Waals surface area contributed by atoms with Crippen LogP contribution in [-0.4, -0.2) is 96.7 Å². The van der Waals surface area contributed by atoms with Crippen LogP contribution in [0.3, 0.4) is 0 Å². The molecule has 0 aliphatic carbocycles. The van der Waals surface area contributed by atoms with Crippen molar-refractivity contribution in [2.24, 2.45) is 11.8 Å². The fourth-order valence-electron chi connectivity index (χ4n) is 10.9.